The van der Waals surface area contributed by atoms with Crippen molar-refractivity contribution in [2.45, 2.75) is 31.9 Å². The number of hydrogen-bond acceptors (Lipinski definition) is 7. The zero-order valence-corrected chi connectivity index (χ0v) is 23.1. The second-order valence-corrected chi connectivity index (χ2v) is 10.4. The maximum absolute atomic E-state index is 12.6. The van der Waals surface area contributed by atoms with Crippen LogP contribution in [-0.2, 0) is 11.3 Å². The number of fused-ring (bicyclic) bond motifs is 3. The molecule has 0 atom stereocenters. The first-order valence-corrected chi connectivity index (χ1v) is 13.6. The lowest BCUT2D eigenvalue weighted by molar-refractivity contribution is -0.274. The zero-order valence-electron chi connectivity index (χ0n) is 21.5. The van der Waals surface area contributed by atoms with Gasteiger partial charge in [0.1, 0.15) is 16.6 Å². The van der Waals surface area contributed by atoms with Crippen LogP contribution in [0.4, 0.5) is 19.0 Å². The van der Waals surface area contributed by atoms with Crippen LogP contribution >= 0.6 is 23.2 Å². The van der Waals surface area contributed by atoms with Crippen molar-refractivity contribution in [1.29, 1.82) is 0 Å². The van der Waals surface area contributed by atoms with E-state index in [-0.39, 0.29) is 21.7 Å². The molecule has 13 heteroatoms. The number of halogens is 5. The fourth-order valence-electron chi connectivity index (χ4n) is 4.67. The molecule has 1 aliphatic rings. The molecule has 8 nitrogen and oxygen atoms in total. The quantitative estimate of drug-likeness (QED) is 0.148. The Morgan fingerprint density at radius 3 is 2.66 bits per heavy atom. The monoisotopic (exact) mass is 608 g/mol. The fourth-order valence-corrected chi connectivity index (χ4v) is 5.05. The Labute approximate surface area is 243 Å². The van der Waals surface area contributed by atoms with Crippen molar-refractivity contribution < 1.29 is 32.5 Å². The van der Waals surface area contributed by atoms with Crippen LogP contribution < -0.4 is 15.0 Å². The number of rotatable bonds is 11. The molecular weight excluding hydrogens is 584 g/mol. The van der Waals surface area contributed by atoms with Gasteiger partial charge in [-0.3, -0.25) is 4.98 Å². The third-order valence-electron chi connectivity index (χ3n) is 6.68. The minimum Gasteiger partial charge on any atom is -0.478 e. The smallest absolute Gasteiger partial charge is 0.478 e. The third-order valence-corrected chi connectivity index (χ3v) is 7.47. The Morgan fingerprint density at radius 2 is 1.90 bits per heavy atom. The largest absolute Gasteiger partial charge is 0.573 e. The van der Waals surface area contributed by atoms with Crippen LogP contribution in [0.15, 0.2) is 48.8 Å². The van der Waals surface area contributed by atoms with E-state index >= 15 is 0 Å². The maximum atomic E-state index is 12.6. The molecular formula is C28H25Cl2F3N4O4. The van der Waals surface area contributed by atoms with Crippen molar-refractivity contribution in [3.63, 3.8) is 0 Å². The van der Waals surface area contributed by atoms with Gasteiger partial charge in [-0.05, 0) is 55.3 Å². The van der Waals surface area contributed by atoms with Crippen LogP contribution in [0, 0.1) is 0 Å². The number of nitrogens with one attached hydrogen (secondary N) is 1. The van der Waals surface area contributed by atoms with Crippen molar-refractivity contribution in [3.05, 3.63) is 70.0 Å². The molecule has 5 rings (SSSR count). The number of hydrogen-bond donors (Lipinski definition) is 2. The first-order valence-electron chi connectivity index (χ1n) is 12.8. The zero-order chi connectivity index (χ0) is 29.1. The minimum atomic E-state index is -4.86. The number of pyridine rings is 2. The number of aromatic nitrogens is 2. The molecule has 2 aromatic heterocycles. The van der Waals surface area contributed by atoms with Gasteiger partial charge in [0.25, 0.3) is 0 Å². The molecule has 0 aliphatic carbocycles. The molecule has 3 heterocycles. The van der Waals surface area contributed by atoms with Crippen LogP contribution in [0.5, 0.6) is 5.75 Å². The van der Waals surface area contributed by atoms with Crippen LogP contribution in [0.3, 0.4) is 0 Å². The van der Waals surface area contributed by atoms with Gasteiger partial charge in [0.05, 0.1) is 22.2 Å². The summed E-state index contributed by atoms with van der Waals surface area (Å²) in [5.74, 6) is -0.763. The summed E-state index contributed by atoms with van der Waals surface area (Å²) in [6, 6.07) is 9.53. The average molecular weight is 609 g/mol. The third kappa shape index (κ3) is 6.92. The summed E-state index contributed by atoms with van der Waals surface area (Å²) in [5, 5.41) is 14.9. The van der Waals surface area contributed by atoms with Crippen molar-refractivity contribution in [2.75, 3.05) is 31.1 Å². The van der Waals surface area contributed by atoms with E-state index in [2.05, 4.69) is 19.9 Å². The van der Waals surface area contributed by atoms with Gasteiger partial charge >= 0.3 is 12.3 Å². The number of ether oxygens (including phenoxy) is 2. The molecule has 0 amide bonds. The van der Waals surface area contributed by atoms with Gasteiger partial charge in [-0.15, -0.1) is 13.2 Å². The molecule has 1 aliphatic heterocycles. The van der Waals surface area contributed by atoms with Gasteiger partial charge in [0.2, 0.25) is 0 Å². The summed E-state index contributed by atoms with van der Waals surface area (Å²) < 4.78 is 47.7. The molecule has 1 saturated heterocycles. The minimum absolute atomic E-state index is 0.0123. The van der Waals surface area contributed by atoms with Crippen LogP contribution in [0.25, 0.3) is 21.7 Å². The number of anilines is 1. The van der Waals surface area contributed by atoms with Gasteiger partial charge in [-0.2, -0.15) is 0 Å². The van der Waals surface area contributed by atoms with Crippen molar-refractivity contribution in [2.24, 2.45) is 0 Å². The summed E-state index contributed by atoms with van der Waals surface area (Å²) in [7, 11) is 0. The summed E-state index contributed by atoms with van der Waals surface area (Å²) in [6.07, 6.45) is 0.268. The van der Waals surface area contributed by atoms with Gasteiger partial charge in [-0.1, -0.05) is 29.3 Å². The number of alkyl halides is 3. The highest BCUT2D eigenvalue weighted by Crippen LogP contribution is 2.37. The number of carboxylic acids is 1. The Bertz CT molecular complexity index is 1580. The molecule has 0 bridgehead atoms. The van der Waals surface area contributed by atoms with Gasteiger partial charge in [0.15, 0.2) is 0 Å². The Morgan fingerprint density at radius 1 is 1.10 bits per heavy atom. The van der Waals surface area contributed by atoms with Crippen molar-refractivity contribution in [3.8, 4) is 5.75 Å². The molecule has 0 saturated carbocycles. The Hall–Kier alpha value is -3.38. The molecule has 0 spiro atoms. The number of unbranched alkanes of at least 4 members (excludes halogenated alkanes) is 1. The number of aromatic carboxylic acids is 1. The standard InChI is InChI=1S/C28H25Cl2F3N4O4/c29-22-9-16(10-24(25(22)30)41-28(31,32)33)12-34-6-1-2-8-40-18-14-37(15-18)26-20-5-7-35-13-21(20)19-4-3-17(27(38)39)11-23(19)36-26/h3-5,7,9-11,13,18,34H,1-2,6,8,12,14-15H2,(H,38,39). The van der Waals surface area contributed by atoms with E-state index in [9.17, 15) is 23.1 Å². The van der Waals surface area contributed by atoms with Crippen molar-refractivity contribution in [1.82, 2.24) is 15.3 Å². The molecule has 0 radical (unpaired) electrons. The molecule has 0 unspecified atom stereocenters. The molecule has 41 heavy (non-hydrogen) atoms. The van der Waals surface area contributed by atoms with Crippen LogP contribution in [0.2, 0.25) is 10.0 Å². The summed E-state index contributed by atoms with van der Waals surface area (Å²) in [4.78, 5) is 22.6. The normalized spacial score (nSPS) is 14.0. The molecule has 216 valence electrons. The first kappa shape index (κ1) is 29.1. The highest BCUT2D eigenvalue weighted by molar-refractivity contribution is 6.43. The fraction of sp³-hybridized carbons (Fsp3) is 0.321. The average Bonchev–Trinajstić information content (AvgIpc) is 2.90. The highest BCUT2D eigenvalue weighted by atomic mass is 35.5. The first-order chi connectivity index (χ1) is 19.6. The highest BCUT2D eigenvalue weighted by Gasteiger charge is 2.33. The Balaban J connectivity index is 1.08. The molecule has 1 fully saturated rings. The number of benzene rings is 2. The topological polar surface area (TPSA) is 96.8 Å². The van der Waals surface area contributed by atoms with E-state index in [1.54, 1.807) is 30.6 Å². The van der Waals surface area contributed by atoms with E-state index in [1.807, 2.05) is 6.07 Å². The van der Waals surface area contributed by atoms with Gasteiger partial charge < -0.3 is 24.8 Å². The number of nitrogens with zero attached hydrogens (tertiary/aromatic N) is 3. The Kier molecular flexibility index (Phi) is 8.69. The molecule has 4 aromatic rings. The summed E-state index contributed by atoms with van der Waals surface area (Å²) in [6.45, 7) is 2.82. The number of carboxylic acid groups (broad SMARTS) is 1. The van der Waals surface area contributed by atoms with Crippen molar-refractivity contribution >= 4 is 56.7 Å². The predicted molar refractivity (Wildman–Crippen MR) is 150 cm³/mol. The van der Waals surface area contributed by atoms with E-state index in [4.69, 9.17) is 32.9 Å². The van der Waals surface area contributed by atoms with Gasteiger partial charge in [-0.25, -0.2) is 9.78 Å². The predicted octanol–water partition coefficient (Wildman–Crippen LogP) is 6.46. The maximum Gasteiger partial charge on any atom is 0.573 e. The SMILES string of the molecule is O=C(O)c1ccc2c(c1)nc(N1CC(OCCCCNCc3cc(Cl)c(Cl)c(OC(F)(F)F)c3)C1)c1ccncc12. The summed E-state index contributed by atoms with van der Waals surface area (Å²) in [5.41, 5.74) is 1.30. The second kappa shape index (κ2) is 12.2. The molecule has 2 aromatic carbocycles. The van der Waals surface area contributed by atoms with E-state index in [0.29, 0.717) is 43.9 Å². The van der Waals surface area contributed by atoms with Gasteiger partial charge in [0, 0.05) is 54.8 Å². The summed E-state index contributed by atoms with van der Waals surface area (Å²) >= 11 is 11.8. The van der Waals surface area contributed by atoms with Crippen LogP contribution in [0.1, 0.15) is 28.8 Å². The van der Waals surface area contributed by atoms with Crippen LogP contribution in [-0.4, -0.2) is 59.8 Å². The van der Waals surface area contributed by atoms with E-state index < -0.39 is 18.1 Å². The van der Waals surface area contributed by atoms with E-state index in [1.165, 1.54) is 12.1 Å². The molecule has 2 N–H and O–H groups in total. The lowest BCUT2D eigenvalue weighted by Gasteiger charge is -2.40. The lowest BCUT2D eigenvalue weighted by atomic mass is 10.0. The second-order valence-electron chi connectivity index (χ2n) is 9.61. The lowest BCUT2D eigenvalue weighted by Crippen LogP contribution is -2.52. The number of carbonyl (C=O) groups is 1. The van der Waals surface area contributed by atoms with E-state index in [0.717, 1.165) is 34.8 Å².